The summed E-state index contributed by atoms with van der Waals surface area (Å²) in [4.78, 5) is 10.5. The molecule has 0 aliphatic rings. The lowest BCUT2D eigenvalue weighted by atomic mass is 9.95. The summed E-state index contributed by atoms with van der Waals surface area (Å²) in [6, 6.07) is 3.54. The maximum Gasteiger partial charge on any atom is 0.416 e. The van der Waals surface area contributed by atoms with Crippen LogP contribution < -0.4 is 0 Å². The Kier molecular flexibility index (Phi) is 8.38. The molecule has 0 unspecified atom stereocenters. The van der Waals surface area contributed by atoms with Gasteiger partial charge in [-0.25, -0.2) is 0 Å². The van der Waals surface area contributed by atoms with Gasteiger partial charge < -0.3 is 14.9 Å². The Labute approximate surface area is 145 Å². The van der Waals surface area contributed by atoms with E-state index in [0.29, 0.717) is 36.8 Å². The molecule has 142 valence electrons. The first-order valence-corrected chi connectivity index (χ1v) is 8.36. The van der Waals surface area contributed by atoms with E-state index < -0.39 is 29.9 Å². The Hall–Kier alpha value is -1.60. The predicted octanol–water partition coefficient (Wildman–Crippen LogP) is 4.35. The zero-order valence-electron chi connectivity index (χ0n) is 14.5. The van der Waals surface area contributed by atoms with Crippen molar-refractivity contribution < 1.29 is 32.9 Å². The summed E-state index contributed by atoms with van der Waals surface area (Å²) in [6.07, 6.45) is -3.68. The second-order valence-electron chi connectivity index (χ2n) is 6.05. The Morgan fingerprint density at radius 1 is 1.28 bits per heavy atom. The van der Waals surface area contributed by atoms with Gasteiger partial charge in [-0.15, -0.1) is 0 Å². The van der Waals surface area contributed by atoms with Crippen molar-refractivity contribution in [3.63, 3.8) is 0 Å². The second-order valence-corrected chi connectivity index (χ2v) is 6.05. The van der Waals surface area contributed by atoms with E-state index in [1.165, 1.54) is 6.07 Å². The van der Waals surface area contributed by atoms with Crippen LogP contribution in [0.25, 0.3) is 0 Å². The largest absolute Gasteiger partial charge is 0.481 e. The molecule has 0 bridgehead atoms. The molecule has 0 aliphatic heterocycles. The van der Waals surface area contributed by atoms with E-state index in [0.717, 1.165) is 12.1 Å². The highest BCUT2D eigenvalue weighted by atomic mass is 19.4. The highest BCUT2D eigenvalue weighted by Crippen LogP contribution is 2.33. The van der Waals surface area contributed by atoms with Gasteiger partial charge in [-0.3, -0.25) is 4.79 Å². The van der Waals surface area contributed by atoms with Crippen LogP contribution >= 0.6 is 0 Å². The quantitative estimate of drug-likeness (QED) is 0.607. The van der Waals surface area contributed by atoms with Crippen molar-refractivity contribution in [2.75, 3.05) is 6.61 Å². The number of alkyl halides is 3. The molecule has 0 radical (unpaired) electrons. The van der Waals surface area contributed by atoms with Gasteiger partial charge in [0.1, 0.15) is 0 Å². The molecular formula is C18H25F3O4. The summed E-state index contributed by atoms with van der Waals surface area (Å²) >= 11 is 0. The number of carboxylic acids is 1. The molecule has 0 heterocycles. The number of carbonyl (C=O) groups is 1. The van der Waals surface area contributed by atoms with E-state index in [1.54, 1.807) is 13.8 Å². The van der Waals surface area contributed by atoms with Crippen molar-refractivity contribution in [1.82, 2.24) is 0 Å². The lowest BCUT2D eigenvalue weighted by Gasteiger charge is -2.21. The predicted molar refractivity (Wildman–Crippen MR) is 87.3 cm³/mol. The van der Waals surface area contributed by atoms with E-state index in [-0.39, 0.29) is 13.0 Å². The van der Waals surface area contributed by atoms with Gasteiger partial charge in [0, 0.05) is 6.42 Å². The van der Waals surface area contributed by atoms with Crippen molar-refractivity contribution in [2.24, 2.45) is 0 Å². The molecule has 0 spiro atoms. The van der Waals surface area contributed by atoms with E-state index >= 15 is 0 Å². The van der Waals surface area contributed by atoms with E-state index in [9.17, 15) is 23.1 Å². The van der Waals surface area contributed by atoms with Crippen LogP contribution in [0, 0.1) is 0 Å². The fourth-order valence-corrected chi connectivity index (χ4v) is 2.43. The summed E-state index contributed by atoms with van der Waals surface area (Å²) in [5.74, 6) is -0.891. The minimum Gasteiger partial charge on any atom is -0.481 e. The standard InChI is InChI=1S/C18H25F3O4/c1-3-15(22)11-25-12(2)16-10-14(18(19,20)21)9-8-13(16)6-4-5-7-17(23)24/h8-10,12,15,22H,3-7,11H2,1-2H3,(H,23,24)/t12-,15-/m1/s1. The minimum absolute atomic E-state index is 0.0325. The van der Waals surface area contributed by atoms with Gasteiger partial charge in [-0.05, 0) is 55.9 Å². The molecule has 4 nitrogen and oxygen atoms in total. The maximum absolute atomic E-state index is 13.0. The van der Waals surface area contributed by atoms with Crippen LogP contribution in [-0.2, 0) is 22.1 Å². The van der Waals surface area contributed by atoms with Crippen LogP contribution in [-0.4, -0.2) is 28.9 Å². The summed E-state index contributed by atoms with van der Waals surface area (Å²) in [5.41, 5.74) is 0.383. The van der Waals surface area contributed by atoms with Crippen LogP contribution in [0.15, 0.2) is 18.2 Å². The van der Waals surface area contributed by atoms with Crippen molar-refractivity contribution >= 4 is 5.97 Å². The molecule has 0 saturated carbocycles. The molecule has 0 aliphatic carbocycles. The number of benzene rings is 1. The van der Waals surface area contributed by atoms with Gasteiger partial charge in [0.05, 0.1) is 24.4 Å². The SMILES string of the molecule is CC[C@@H](O)CO[C@H](C)c1cc(C(F)(F)F)ccc1CCCCC(=O)O. The third-order valence-electron chi connectivity index (χ3n) is 4.01. The lowest BCUT2D eigenvalue weighted by molar-refractivity contribution is -0.138. The summed E-state index contributed by atoms with van der Waals surface area (Å²) in [6.45, 7) is 3.49. The molecule has 1 aromatic carbocycles. The van der Waals surface area contributed by atoms with Crippen molar-refractivity contribution in [3.05, 3.63) is 34.9 Å². The summed E-state index contributed by atoms with van der Waals surface area (Å²) < 4.78 is 44.5. The van der Waals surface area contributed by atoms with Gasteiger partial charge in [-0.2, -0.15) is 13.2 Å². The van der Waals surface area contributed by atoms with Gasteiger partial charge in [0.2, 0.25) is 0 Å². The Bertz CT molecular complexity index is 558. The number of halogens is 3. The van der Waals surface area contributed by atoms with Gasteiger partial charge in [0.15, 0.2) is 0 Å². The van der Waals surface area contributed by atoms with Crippen LogP contribution in [0.2, 0.25) is 0 Å². The topological polar surface area (TPSA) is 66.8 Å². The Morgan fingerprint density at radius 2 is 1.96 bits per heavy atom. The molecule has 0 amide bonds. The van der Waals surface area contributed by atoms with Crippen LogP contribution in [0.4, 0.5) is 13.2 Å². The van der Waals surface area contributed by atoms with Crippen molar-refractivity contribution in [2.45, 2.75) is 64.3 Å². The normalized spacial score (nSPS) is 14.3. The fourth-order valence-electron chi connectivity index (χ4n) is 2.43. The smallest absolute Gasteiger partial charge is 0.416 e. The van der Waals surface area contributed by atoms with E-state index in [2.05, 4.69) is 0 Å². The monoisotopic (exact) mass is 362 g/mol. The molecule has 25 heavy (non-hydrogen) atoms. The van der Waals surface area contributed by atoms with Crippen molar-refractivity contribution in [3.8, 4) is 0 Å². The van der Waals surface area contributed by atoms with Gasteiger partial charge in [0.25, 0.3) is 0 Å². The van der Waals surface area contributed by atoms with Crippen LogP contribution in [0.1, 0.15) is 62.3 Å². The molecule has 7 heteroatoms. The molecule has 1 aromatic rings. The number of ether oxygens (including phenoxy) is 1. The minimum atomic E-state index is -4.45. The van der Waals surface area contributed by atoms with E-state index in [1.807, 2.05) is 0 Å². The average molecular weight is 362 g/mol. The van der Waals surface area contributed by atoms with Crippen LogP contribution in [0.3, 0.4) is 0 Å². The molecule has 2 N–H and O–H groups in total. The van der Waals surface area contributed by atoms with Crippen molar-refractivity contribution in [1.29, 1.82) is 0 Å². The first-order valence-electron chi connectivity index (χ1n) is 8.36. The lowest BCUT2D eigenvalue weighted by Crippen LogP contribution is -2.17. The molecule has 0 aromatic heterocycles. The molecule has 0 fully saturated rings. The maximum atomic E-state index is 13.0. The zero-order chi connectivity index (χ0) is 19.0. The second kappa shape index (κ2) is 9.77. The fraction of sp³-hybridized carbons (Fsp3) is 0.611. The zero-order valence-corrected chi connectivity index (χ0v) is 14.5. The van der Waals surface area contributed by atoms with Crippen LogP contribution in [0.5, 0.6) is 0 Å². The molecule has 1 rings (SSSR count). The third-order valence-corrected chi connectivity index (χ3v) is 4.01. The first-order chi connectivity index (χ1) is 11.6. The average Bonchev–Trinajstić information content (AvgIpc) is 2.55. The molecular weight excluding hydrogens is 337 g/mol. The number of hydrogen-bond acceptors (Lipinski definition) is 3. The number of rotatable bonds is 10. The number of aliphatic carboxylic acids is 1. The molecule has 0 saturated heterocycles. The number of unbranched alkanes of at least 4 members (excludes halogenated alkanes) is 1. The van der Waals surface area contributed by atoms with Gasteiger partial charge >= 0.3 is 12.1 Å². The number of aliphatic hydroxyl groups is 1. The Balaban J connectivity index is 2.91. The first kappa shape index (κ1) is 21.4. The number of aryl methyl sites for hydroxylation is 1. The van der Waals surface area contributed by atoms with E-state index in [4.69, 9.17) is 9.84 Å². The Morgan fingerprint density at radius 3 is 2.52 bits per heavy atom. The molecule has 2 atom stereocenters. The van der Waals surface area contributed by atoms with Gasteiger partial charge in [-0.1, -0.05) is 13.0 Å². The number of carboxylic acid groups (broad SMARTS) is 1. The summed E-state index contributed by atoms with van der Waals surface area (Å²) in [5, 5.41) is 18.2. The number of hydrogen-bond donors (Lipinski definition) is 2. The highest BCUT2D eigenvalue weighted by Gasteiger charge is 2.31. The third kappa shape index (κ3) is 7.44. The number of aliphatic hydroxyl groups excluding tert-OH is 1. The summed E-state index contributed by atoms with van der Waals surface area (Å²) in [7, 11) is 0. The highest BCUT2D eigenvalue weighted by molar-refractivity contribution is 5.66.